The van der Waals surface area contributed by atoms with Crippen LogP contribution >= 0.6 is 0 Å². The number of carboxylic acid groups (broad SMARTS) is 1. The monoisotopic (exact) mass is 270 g/mol. The molecule has 1 aromatic carbocycles. The minimum Gasteiger partial charge on any atom is -0.481 e. The molecule has 0 saturated heterocycles. The Morgan fingerprint density at radius 3 is 2.50 bits per heavy atom. The Kier molecular flexibility index (Phi) is 3.54. The van der Waals surface area contributed by atoms with E-state index in [1.807, 2.05) is 30.6 Å². The first kappa shape index (κ1) is 12.9. The highest BCUT2D eigenvalue weighted by atomic mass is 16.4. The fourth-order valence-electron chi connectivity index (χ4n) is 3.02. The third-order valence-corrected chi connectivity index (χ3v) is 4.14. The molecule has 1 N–H and O–H groups in total. The van der Waals surface area contributed by atoms with E-state index < -0.39 is 5.97 Å². The van der Waals surface area contributed by atoms with Crippen LogP contribution in [0.1, 0.15) is 31.7 Å². The largest absolute Gasteiger partial charge is 0.481 e. The molecular formula is C16H18N2O2. The molecule has 3 rings (SSSR count). The lowest BCUT2D eigenvalue weighted by atomic mass is 9.86. The zero-order valence-corrected chi connectivity index (χ0v) is 11.3. The summed E-state index contributed by atoms with van der Waals surface area (Å²) in [6.45, 7) is 0. The fourth-order valence-corrected chi connectivity index (χ4v) is 3.02. The maximum atomic E-state index is 11.0. The zero-order valence-electron chi connectivity index (χ0n) is 11.3. The Hall–Kier alpha value is -2.10. The second kappa shape index (κ2) is 5.49. The molecule has 2 aromatic rings. The summed E-state index contributed by atoms with van der Waals surface area (Å²) < 4.78 is 2.20. The fraction of sp³-hybridized carbons (Fsp3) is 0.375. The molecule has 1 saturated carbocycles. The van der Waals surface area contributed by atoms with Crippen LogP contribution in [0.15, 0.2) is 42.7 Å². The number of benzene rings is 1. The lowest BCUT2D eigenvalue weighted by molar-refractivity contribution is -0.143. The van der Waals surface area contributed by atoms with Gasteiger partial charge in [-0.3, -0.25) is 4.79 Å². The van der Waals surface area contributed by atoms with Crippen LogP contribution in [0.25, 0.3) is 11.4 Å². The minimum absolute atomic E-state index is 0.171. The third-order valence-electron chi connectivity index (χ3n) is 4.14. The van der Waals surface area contributed by atoms with E-state index in [1.54, 1.807) is 0 Å². The van der Waals surface area contributed by atoms with Gasteiger partial charge in [-0.25, -0.2) is 4.98 Å². The van der Waals surface area contributed by atoms with Gasteiger partial charge in [0.15, 0.2) is 0 Å². The number of nitrogens with zero attached hydrogens (tertiary/aromatic N) is 2. The van der Waals surface area contributed by atoms with Crippen molar-refractivity contribution < 1.29 is 9.90 Å². The van der Waals surface area contributed by atoms with Crippen LogP contribution in [0.3, 0.4) is 0 Å². The maximum Gasteiger partial charge on any atom is 0.306 e. The highest BCUT2D eigenvalue weighted by molar-refractivity contribution is 5.70. The number of rotatable bonds is 3. The van der Waals surface area contributed by atoms with E-state index in [9.17, 15) is 4.79 Å². The van der Waals surface area contributed by atoms with Crippen LogP contribution in [0, 0.1) is 5.92 Å². The second-order valence-corrected chi connectivity index (χ2v) is 5.37. The smallest absolute Gasteiger partial charge is 0.306 e. The third kappa shape index (κ3) is 2.46. The van der Waals surface area contributed by atoms with E-state index in [4.69, 9.17) is 5.11 Å². The predicted octanol–water partition coefficient (Wildman–Crippen LogP) is 3.37. The molecule has 1 heterocycles. The van der Waals surface area contributed by atoms with Crippen molar-refractivity contribution in [2.45, 2.75) is 31.7 Å². The van der Waals surface area contributed by atoms with Gasteiger partial charge in [0.2, 0.25) is 0 Å². The van der Waals surface area contributed by atoms with Gasteiger partial charge >= 0.3 is 5.97 Å². The lowest BCUT2D eigenvalue weighted by Gasteiger charge is -2.28. The van der Waals surface area contributed by atoms with Crippen molar-refractivity contribution in [1.29, 1.82) is 0 Å². The minimum atomic E-state index is -0.655. The summed E-state index contributed by atoms with van der Waals surface area (Å²) in [6, 6.07) is 10.5. The lowest BCUT2D eigenvalue weighted by Crippen LogP contribution is -2.23. The van der Waals surface area contributed by atoms with Gasteiger partial charge in [-0.1, -0.05) is 30.3 Å². The van der Waals surface area contributed by atoms with Crippen LogP contribution in [-0.2, 0) is 4.79 Å². The van der Waals surface area contributed by atoms with Crippen molar-refractivity contribution in [1.82, 2.24) is 9.55 Å². The number of hydrogen-bond donors (Lipinski definition) is 1. The maximum absolute atomic E-state index is 11.0. The van der Waals surface area contributed by atoms with Crippen molar-refractivity contribution in [2.75, 3.05) is 0 Å². The SMILES string of the molecule is O=C(O)C1CCC(n2ccnc2-c2ccccc2)CC1. The van der Waals surface area contributed by atoms with E-state index in [1.165, 1.54) is 0 Å². The van der Waals surface area contributed by atoms with Gasteiger partial charge in [0.1, 0.15) is 5.82 Å². The molecule has 1 aromatic heterocycles. The molecule has 1 aliphatic carbocycles. The molecule has 0 unspecified atom stereocenters. The Morgan fingerprint density at radius 1 is 1.15 bits per heavy atom. The Balaban J connectivity index is 1.80. The molecule has 0 radical (unpaired) electrons. The number of hydrogen-bond acceptors (Lipinski definition) is 2. The van der Waals surface area contributed by atoms with E-state index >= 15 is 0 Å². The van der Waals surface area contributed by atoms with Crippen molar-refractivity contribution in [3.63, 3.8) is 0 Å². The molecule has 0 amide bonds. The van der Waals surface area contributed by atoms with Gasteiger partial charge in [-0.2, -0.15) is 0 Å². The molecule has 4 heteroatoms. The Morgan fingerprint density at radius 2 is 1.85 bits per heavy atom. The Bertz CT molecular complexity index is 584. The van der Waals surface area contributed by atoms with Gasteiger partial charge in [0, 0.05) is 24.0 Å². The molecule has 20 heavy (non-hydrogen) atoms. The average molecular weight is 270 g/mol. The normalized spacial score (nSPS) is 22.6. The van der Waals surface area contributed by atoms with E-state index in [0.717, 1.165) is 37.1 Å². The summed E-state index contributed by atoms with van der Waals surface area (Å²) in [7, 11) is 0. The topological polar surface area (TPSA) is 55.1 Å². The molecule has 104 valence electrons. The number of carbonyl (C=O) groups is 1. The van der Waals surface area contributed by atoms with Crippen LogP contribution in [0.5, 0.6) is 0 Å². The van der Waals surface area contributed by atoms with Crippen LogP contribution < -0.4 is 0 Å². The summed E-state index contributed by atoms with van der Waals surface area (Å²) in [5, 5.41) is 9.07. The first-order valence-corrected chi connectivity index (χ1v) is 7.07. The van der Waals surface area contributed by atoms with Gasteiger partial charge in [0.25, 0.3) is 0 Å². The standard InChI is InChI=1S/C16H18N2O2/c19-16(20)13-6-8-14(9-7-13)18-11-10-17-15(18)12-4-2-1-3-5-12/h1-5,10-11,13-14H,6-9H2,(H,19,20). The Labute approximate surface area is 118 Å². The highest BCUT2D eigenvalue weighted by Crippen LogP contribution is 2.34. The zero-order chi connectivity index (χ0) is 13.9. The summed E-state index contributed by atoms with van der Waals surface area (Å²) in [4.78, 5) is 15.5. The highest BCUT2D eigenvalue weighted by Gasteiger charge is 2.27. The predicted molar refractivity (Wildman–Crippen MR) is 76.3 cm³/mol. The van der Waals surface area contributed by atoms with Crippen LogP contribution in [0.2, 0.25) is 0 Å². The van der Waals surface area contributed by atoms with Crippen LogP contribution in [-0.4, -0.2) is 20.6 Å². The second-order valence-electron chi connectivity index (χ2n) is 5.37. The summed E-state index contributed by atoms with van der Waals surface area (Å²) >= 11 is 0. The van der Waals surface area contributed by atoms with Crippen molar-refractivity contribution in [2.24, 2.45) is 5.92 Å². The van der Waals surface area contributed by atoms with E-state index in [-0.39, 0.29) is 5.92 Å². The van der Waals surface area contributed by atoms with Crippen molar-refractivity contribution in [3.05, 3.63) is 42.7 Å². The number of aliphatic carboxylic acids is 1. The number of imidazole rings is 1. The quantitative estimate of drug-likeness (QED) is 0.930. The van der Waals surface area contributed by atoms with E-state index in [0.29, 0.717) is 6.04 Å². The first-order valence-electron chi connectivity index (χ1n) is 7.07. The van der Waals surface area contributed by atoms with Gasteiger partial charge in [-0.15, -0.1) is 0 Å². The van der Waals surface area contributed by atoms with Gasteiger partial charge in [-0.05, 0) is 25.7 Å². The summed E-state index contributed by atoms with van der Waals surface area (Å²) in [5.74, 6) is 0.150. The molecule has 0 atom stereocenters. The number of aromatic nitrogens is 2. The van der Waals surface area contributed by atoms with E-state index in [2.05, 4.69) is 21.7 Å². The van der Waals surface area contributed by atoms with Crippen molar-refractivity contribution in [3.8, 4) is 11.4 Å². The van der Waals surface area contributed by atoms with Gasteiger partial charge in [0.05, 0.1) is 5.92 Å². The molecule has 0 spiro atoms. The first-order chi connectivity index (χ1) is 9.75. The summed E-state index contributed by atoms with van der Waals surface area (Å²) in [5.41, 5.74) is 1.11. The average Bonchev–Trinajstić information content (AvgIpc) is 2.97. The molecule has 4 nitrogen and oxygen atoms in total. The number of carboxylic acids is 1. The summed E-state index contributed by atoms with van der Waals surface area (Å²) in [6.07, 6.45) is 7.17. The van der Waals surface area contributed by atoms with Crippen LogP contribution in [0.4, 0.5) is 0 Å². The molecule has 0 aliphatic heterocycles. The molecule has 1 aliphatic rings. The van der Waals surface area contributed by atoms with Gasteiger partial charge < -0.3 is 9.67 Å². The molecular weight excluding hydrogens is 252 g/mol. The van der Waals surface area contributed by atoms with Crippen molar-refractivity contribution >= 4 is 5.97 Å². The molecule has 0 bridgehead atoms. The molecule has 1 fully saturated rings.